The molecular formula is C21H26N2O3. The van der Waals surface area contributed by atoms with E-state index in [1.165, 1.54) is 0 Å². The molecule has 0 saturated heterocycles. The van der Waals surface area contributed by atoms with Crippen LogP contribution in [0.4, 0.5) is 5.69 Å². The molecule has 0 aliphatic heterocycles. The van der Waals surface area contributed by atoms with Crippen molar-refractivity contribution in [3.8, 4) is 5.75 Å². The zero-order valence-corrected chi connectivity index (χ0v) is 15.5. The lowest BCUT2D eigenvalue weighted by atomic mass is 10.1. The average Bonchev–Trinajstić information content (AvgIpc) is 2.65. The van der Waals surface area contributed by atoms with Crippen molar-refractivity contribution in [2.75, 3.05) is 18.5 Å². The number of hydrogen-bond donors (Lipinski definition) is 2. The monoisotopic (exact) mass is 354 g/mol. The first-order valence-corrected chi connectivity index (χ1v) is 8.92. The van der Waals surface area contributed by atoms with Gasteiger partial charge in [-0.2, -0.15) is 0 Å². The summed E-state index contributed by atoms with van der Waals surface area (Å²) in [6, 6.07) is 13.9. The van der Waals surface area contributed by atoms with E-state index in [1.54, 1.807) is 42.5 Å². The Labute approximate surface area is 154 Å². The lowest BCUT2D eigenvalue weighted by molar-refractivity contribution is 0.0953. The average molecular weight is 354 g/mol. The molecule has 2 rings (SSSR count). The maximum atomic E-state index is 12.4. The van der Waals surface area contributed by atoms with Gasteiger partial charge < -0.3 is 15.4 Å². The second kappa shape index (κ2) is 9.61. The molecule has 0 radical (unpaired) electrons. The van der Waals surface area contributed by atoms with Crippen LogP contribution in [0.15, 0.2) is 48.5 Å². The van der Waals surface area contributed by atoms with Gasteiger partial charge in [0.05, 0.1) is 6.61 Å². The first kappa shape index (κ1) is 19.5. The molecule has 0 aromatic heterocycles. The van der Waals surface area contributed by atoms with Crippen LogP contribution < -0.4 is 15.4 Å². The summed E-state index contributed by atoms with van der Waals surface area (Å²) in [5.41, 5.74) is 1.73. The third-order valence-electron chi connectivity index (χ3n) is 3.62. The molecule has 26 heavy (non-hydrogen) atoms. The first-order chi connectivity index (χ1) is 12.5. The second-order valence-corrected chi connectivity index (χ2v) is 6.52. The van der Waals surface area contributed by atoms with Gasteiger partial charge in [0.1, 0.15) is 5.75 Å². The Hall–Kier alpha value is -2.82. The van der Waals surface area contributed by atoms with Gasteiger partial charge in [-0.3, -0.25) is 9.59 Å². The molecule has 0 fully saturated rings. The van der Waals surface area contributed by atoms with Crippen LogP contribution in [0.1, 0.15) is 47.9 Å². The lowest BCUT2D eigenvalue weighted by Crippen LogP contribution is -2.23. The van der Waals surface area contributed by atoms with Gasteiger partial charge in [0, 0.05) is 23.4 Å². The van der Waals surface area contributed by atoms with Crippen LogP contribution in [0.2, 0.25) is 0 Å². The minimum absolute atomic E-state index is 0.111. The van der Waals surface area contributed by atoms with E-state index in [1.807, 2.05) is 13.0 Å². The number of amides is 2. The molecule has 0 atom stereocenters. The molecule has 0 aliphatic carbocycles. The quantitative estimate of drug-likeness (QED) is 0.749. The molecule has 5 heteroatoms. The first-order valence-electron chi connectivity index (χ1n) is 8.92. The molecule has 0 heterocycles. The summed E-state index contributed by atoms with van der Waals surface area (Å²) >= 11 is 0. The Morgan fingerprint density at radius 1 is 1.00 bits per heavy atom. The van der Waals surface area contributed by atoms with Crippen LogP contribution in [0.5, 0.6) is 5.75 Å². The van der Waals surface area contributed by atoms with Crippen molar-refractivity contribution >= 4 is 17.5 Å². The van der Waals surface area contributed by atoms with E-state index < -0.39 is 0 Å². The van der Waals surface area contributed by atoms with Gasteiger partial charge in [-0.15, -0.1) is 0 Å². The summed E-state index contributed by atoms with van der Waals surface area (Å²) in [7, 11) is 0. The predicted molar refractivity (Wildman–Crippen MR) is 104 cm³/mol. The van der Waals surface area contributed by atoms with Crippen molar-refractivity contribution in [2.24, 2.45) is 5.92 Å². The molecule has 0 aliphatic rings. The van der Waals surface area contributed by atoms with E-state index in [9.17, 15) is 9.59 Å². The molecule has 138 valence electrons. The number of benzene rings is 2. The van der Waals surface area contributed by atoms with E-state index in [4.69, 9.17) is 4.74 Å². The minimum Gasteiger partial charge on any atom is -0.493 e. The molecule has 0 unspecified atom stereocenters. The number of hydrogen-bond acceptors (Lipinski definition) is 3. The summed E-state index contributed by atoms with van der Waals surface area (Å²) in [4.78, 5) is 24.3. The molecule has 0 spiro atoms. The molecule has 0 bridgehead atoms. The standard InChI is InChI=1S/C21H26N2O3/c1-4-12-22-20(24)16-8-10-18(11-9-16)23-21(25)17-6-5-7-19(13-17)26-14-15(2)3/h5-11,13,15H,4,12,14H2,1-3H3,(H,22,24)(H,23,25). The zero-order chi connectivity index (χ0) is 18.9. The van der Waals surface area contributed by atoms with Crippen LogP contribution in [0, 0.1) is 5.92 Å². The maximum absolute atomic E-state index is 12.4. The zero-order valence-electron chi connectivity index (χ0n) is 15.5. The van der Waals surface area contributed by atoms with Crippen LogP contribution in [0.25, 0.3) is 0 Å². The number of carbonyl (C=O) groups excluding carboxylic acids is 2. The highest BCUT2D eigenvalue weighted by Gasteiger charge is 2.09. The number of nitrogens with one attached hydrogen (secondary N) is 2. The van der Waals surface area contributed by atoms with Crippen molar-refractivity contribution < 1.29 is 14.3 Å². The minimum atomic E-state index is -0.219. The molecule has 2 aromatic rings. The predicted octanol–water partition coefficient (Wildman–Crippen LogP) is 4.11. The van der Waals surface area contributed by atoms with Gasteiger partial charge >= 0.3 is 0 Å². The summed E-state index contributed by atoms with van der Waals surface area (Å²) < 4.78 is 5.66. The van der Waals surface area contributed by atoms with Crippen molar-refractivity contribution in [3.05, 3.63) is 59.7 Å². The SMILES string of the molecule is CCCNC(=O)c1ccc(NC(=O)c2cccc(OCC(C)C)c2)cc1. The van der Waals surface area contributed by atoms with Gasteiger partial charge in [0.15, 0.2) is 0 Å². The molecule has 2 N–H and O–H groups in total. The van der Waals surface area contributed by atoms with Crippen LogP contribution in [0.3, 0.4) is 0 Å². The van der Waals surface area contributed by atoms with E-state index in [0.717, 1.165) is 6.42 Å². The summed E-state index contributed by atoms with van der Waals surface area (Å²) in [5, 5.41) is 5.65. The van der Waals surface area contributed by atoms with Crippen molar-refractivity contribution in [1.29, 1.82) is 0 Å². The Balaban J connectivity index is 1.99. The molecule has 0 saturated carbocycles. The number of ether oxygens (including phenoxy) is 1. The van der Waals surface area contributed by atoms with Gasteiger partial charge in [-0.1, -0.05) is 26.8 Å². The highest BCUT2D eigenvalue weighted by atomic mass is 16.5. The second-order valence-electron chi connectivity index (χ2n) is 6.52. The summed E-state index contributed by atoms with van der Waals surface area (Å²) in [6.45, 7) is 7.40. The number of anilines is 1. The van der Waals surface area contributed by atoms with Crippen molar-refractivity contribution in [1.82, 2.24) is 5.32 Å². The highest BCUT2D eigenvalue weighted by molar-refractivity contribution is 6.04. The molecule has 2 aromatic carbocycles. The largest absolute Gasteiger partial charge is 0.493 e. The summed E-state index contributed by atoms with van der Waals surface area (Å²) in [5.74, 6) is 0.762. The van der Waals surface area contributed by atoms with Crippen LogP contribution in [-0.2, 0) is 0 Å². The third-order valence-corrected chi connectivity index (χ3v) is 3.62. The van der Waals surface area contributed by atoms with E-state index in [0.29, 0.717) is 41.6 Å². The topological polar surface area (TPSA) is 67.4 Å². The van der Waals surface area contributed by atoms with Crippen molar-refractivity contribution in [3.63, 3.8) is 0 Å². The van der Waals surface area contributed by atoms with Crippen LogP contribution in [-0.4, -0.2) is 25.0 Å². The van der Waals surface area contributed by atoms with Gasteiger partial charge in [0.25, 0.3) is 11.8 Å². The van der Waals surface area contributed by atoms with E-state index in [2.05, 4.69) is 24.5 Å². The van der Waals surface area contributed by atoms with Crippen LogP contribution >= 0.6 is 0 Å². The van der Waals surface area contributed by atoms with E-state index >= 15 is 0 Å². The number of carbonyl (C=O) groups is 2. The van der Waals surface area contributed by atoms with Crippen molar-refractivity contribution in [2.45, 2.75) is 27.2 Å². The molecular weight excluding hydrogens is 328 g/mol. The molecule has 2 amide bonds. The smallest absolute Gasteiger partial charge is 0.255 e. The van der Waals surface area contributed by atoms with Gasteiger partial charge in [-0.05, 0) is 54.8 Å². The fourth-order valence-corrected chi connectivity index (χ4v) is 2.24. The summed E-state index contributed by atoms with van der Waals surface area (Å²) in [6.07, 6.45) is 0.889. The number of rotatable bonds is 8. The fraction of sp³-hybridized carbons (Fsp3) is 0.333. The van der Waals surface area contributed by atoms with Gasteiger partial charge in [0.2, 0.25) is 0 Å². The van der Waals surface area contributed by atoms with E-state index in [-0.39, 0.29) is 11.8 Å². The van der Waals surface area contributed by atoms with Gasteiger partial charge in [-0.25, -0.2) is 0 Å². The Kier molecular flexibility index (Phi) is 7.21. The third kappa shape index (κ3) is 5.92. The highest BCUT2D eigenvalue weighted by Crippen LogP contribution is 2.16. The Bertz CT molecular complexity index is 739. The maximum Gasteiger partial charge on any atom is 0.255 e. The Morgan fingerprint density at radius 3 is 2.38 bits per heavy atom. The fourth-order valence-electron chi connectivity index (χ4n) is 2.24. The molecule has 5 nitrogen and oxygen atoms in total. The lowest BCUT2D eigenvalue weighted by Gasteiger charge is -2.10. The normalized spacial score (nSPS) is 10.5. The Morgan fingerprint density at radius 2 is 1.73 bits per heavy atom.